The van der Waals surface area contributed by atoms with Gasteiger partial charge in [0.25, 0.3) is 0 Å². The van der Waals surface area contributed by atoms with Crippen LogP contribution >= 0.6 is 0 Å². The third-order valence-electron chi connectivity index (χ3n) is 7.30. The highest BCUT2D eigenvalue weighted by Crippen LogP contribution is 2.33. The van der Waals surface area contributed by atoms with E-state index < -0.39 is 0 Å². The van der Waals surface area contributed by atoms with Gasteiger partial charge in [0.2, 0.25) is 5.91 Å². The molecule has 1 saturated carbocycles. The molecule has 2 fully saturated rings. The minimum absolute atomic E-state index is 0.253. The molecular formula is C27H33N3O. The summed E-state index contributed by atoms with van der Waals surface area (Å²) >= 11 is 0. The van der Waals surface area contributed by atoms with Crippen LogP contribution in [0, 0.1) is 11.8 Å². The van der Waals surface area contributed by atoms with Crippen LogP contribution < -0.4 is 0 Å². The molecule has 2 aliphatic rings. The molecule has 1 aliphatic heterocycles. The van der Waals surface area contributed by atoms with Crippen LogP contribution in [0.3, 0.4) is 0 Å². The summed E-state index contributed by atoms with van der Waals surface area (Å²) in [5.74, 6) is 2.49. The van der Waals surface area contributed by atoms with Crippen LogP contribution in [0.25, 0.3) is 11.0 Å². The first-order valence-electron chi connectivity index (χ1n) is 12.0. The lowest BCUT2D eigenvalue weighted by atomic mass is 9.81. The number of carbonyl (C=O) groups excluding carboxylic acids is 1. The Labute approximate surface area is 185 Å². The number of imidazole rings is 1. The highest BCUT2D eigenvalue weighted by atomic mass is 16.2. The summed E-state index contributed by atoms with van der Waals surface area (Å²) in [5.41, 5.74) is 3.58. The maximum absolute atomic E-state index is 13.1. The van der Waals surface area contributed by atoms with E-state index >= 15 is 0 Å². The Bertz CT molecular complexity index is 1030. The number of piperidine rings is 1. The lowest BCUT2D eigenvalue weighted by Crippen LogP contribution is -2.43. The van der Waals surface area contributed by atoms with Crippen LogP contribution in [0.15, 0.2) is 54.6 Å². The molecule has 5 rings (SSSR count). The van der Waals surface area contributed by atoms with Gasteiger partial charge in [-0.1, -0.05) is 62.2 Å². The molecule has 4 nitrogen and oxygen atoms in total. The Kier molecular flexibility index (Phi) is 5.80. The van der Waals surface area contributed by atoms with Gasteiger partial charge >= 0.3 is 0 Å². The molecule has 2 heterocycles. The maximum atomic E-state index is 13.1. The van der Waals surface area contributed by atoms with Crippen LogP contribution in [0.4, 0.5) is 0 Å². The second-order valence-corrected chi connectivity index (χ2v) is 9.57. The number of fused-ring (bicyclic) bond motifs is 1. The quantitative estimate of drug-likeness (QED) is 0.555. The topological polar surface area (TPSA) is 38.1 Å². The molecule has 4 heteroatoms. The molecule has 0 radical (unpaired) electrons. The molecule has 1 amide bonds. The average Bonchev–Trinajstić information content (AvgIpc) is 3.17. The summed E-state index contributed by atoms with van der Waals surface area (Å²) in [7, 11) is 0. The number of aromatic nitrogens is 2. The first-order chi connectivity index (χ1) is 15.2. The van der Waals surface area contributed by atoms with E-state index in [-0.39, 0.29) is 5.92 Å². The van der Waals surface area contributed by atoms with E-state index in [9.17, 15) is 4.79 Å². The van der Waals surface area contributed by atoms with Crippen molar-refractivity contribution < 1.29 is 4.79 Å². The molecule has 2 atom stereocenters. The highest BCUT2D eigenvalue weighted by Gasteiger charge is 2.32. The number of para-hydroxylation sites is 2. The van der Waals surface area contributed by atoms with Crippen molar-refractivity contribution in [1.29, 1.82) is 0 Å². The van der Waals surface area contributed by atoms with Crippen molar-refractivity contribution in [2.45, 2.75) is 57.9 Å². The first kappa shape index (κ1) is 20.3. The Balaban J connectivity index is 1.34. The number of carbonyl (C=O) groups is 1. The first-order valence-corrected chi connectivity index (χ1v) is 12.0. The van der Waals surface area contributed by atoms with Crippen molar-refractivity contribution in [3.63, 3.8) is 0 Å². The summed E-state index contributed by atoms with van der Waals surface area (Å²) in [6.07, 6.45) is 7.51. The lowest BCUT2D eigenvalue weighted by molar-refractivity contribution is -0.138. The van der Waals surface area contributed by atoms with Gasteiger partial charge in [-0.15, -0.1) is 0 Å². The number of amides is 1. The SMILES string of the molecule is C[C@@H]1CCC[C@@H](C(=O)N2CCC(n3c(Cc4ccccc4)nc4ccccc43)CC2)C1. The summed E-state index contributed by atoms with van der Waals surface area (Å²) < 4.78 is 2.47. The minimum Gasteiger partial charge on any atom is -0.342 e. The Morgan fingerprint density at radius 3 is 2.48 bits per heavy atom. The van der Waals surface area contributed by atoms with E-state index in [0.29, 0.717) is 17.9 Å². The van der Waals surface area contributed by atoms with E-state index in [1.54, 1.807) is 0 Å². The van der Waals surface area contributed by atoms with Gasteiger partial charge in [-0.25, -0.2) is 4.98 Å². The van der Waals surface area contributed by atoms with E-state index in [2.05, 4.69) is 71.0 Å². The fourth-order valence-electron chi connectivity index (χ4n) is 5.67. The van der Waals surface area contributed by atoms with Gasteiger partial charge in [0.05, 0.1) is 11.0 Å². The molecule has 0 bridgehead atoms. The largest absolute Gasteiger partial charge is 0.342 e. The van der Waals surface area contributed by atoms with Crippen molar-refractivity contribution in [2.75, 3.05) is 13.1 Å². The molecule has 31 heavy (non-hydrogen) atoms. The van der Waals surface area contributed by atoms with E-state index in [1.807, 2.05) is 0 Å². The zero-order valence-corrected chi connectivity index (χ0v) is 18.5. The summed E-state index contributed by atoms with van der Waals surface area (Å²) in [6, 6.07) is 19.5. The Hall–Kier alpha value is -2.62. The maximum Gasteiger partial charge on any atom is 0.225 e. The van der Waals surface area contributed by atoms with E-state index in [4.69, 9.17) is 4.98 Å². The Morgan fingerprint density at radius 1 is 0.968 bits per heavy atom. The number of hydrogen-bond acceptors (Lipinski definition) is 2. The molecular weight excluding hydrogens is 382 g/mol. The fourth-order valence-corrected chi connectivity index (χ4v) is 5.67. The molecule has 162 valence electrons. The molecule has 1 saturated heterocycles. The van der Waals surface area contributed by atoms with Crippen molar-refractivity contribution >= 4 is 16.9 Å². The molecule has 0 spiro atoms. The van der Waals surface area contributed by atoms with Crippen LogP contribution in [-0.4, -0.2) is 33.4 Å². The standard InChI is InChI=1S/C27H33N3O/c1-20-8-7-11-22(18-20)27(31)29-16-14-23(15-17-29)30-25-13-6-5-12-24(25)28-26(30)19-21-9-3-2-4-10-21/h2-6,9-10,12-13,20,22-23H,7-8,11,14-19H2,1H3/t20-,22-/m1/s1. The van der Waals surface area contributed by atoms with Crippen molar-refractivity contribution in [3.05, 3.63) is 66.0 Å². The predicted octanol–water partition coefficient (Wildman–Crippen LogP) is 5.62. The van der Waals surface area contributed by atoms with Crippen LogP contribution in [0.2, 0.25) is 0 Å². The highest BCUT2D eigenvalue weighted by molar-refractivity contribution is 5.79. The zero-order chi connectivity index (χ0) is 21.2. The monoisotopic (exact) mass is 415 g/mol. The average molecular weight is 416 g/mol. The number of hydrogen-bond donors (Lipinski definition) is 0. The van der Waals surface area contributed by atoms with Gasteiger partial charge < -0.3 is 9.47 Å². The number of likely N-dealkylation sites (tertiary alicyclic amines) is 1. The van der Waals surface area contributed by atoms with E-state index in [0.717, 1.165) is 56.5 Å². The number of rotatable bonds is 4. The lowest BCUT2D eigenvalue weighted by Gasteiger charge is -2.37. The molecule has 2 aromatic carbocycles. The van der Waals surface area contributed by atoms with Gasteiger partial charge in [0.1, 0.15) is 5.82 Å². The summed E-state index contributed by atoms with van der Waals surface area (Å²) in [6.45, 7) is 4.03. The van der Waals surface area contributed by atoms with Gasteiger partial charge in [0, 0.05) is 31.5 Å². The molecule has 3 aromatic rings. The van der Waals surface area contributed by atoms with Crippen LogP contribution in [0.5, 0.6) is 0 Å². The van der Waals surface area contributed by atoms with Gasteiger partial charge in [0.15, 0.2) is 0 Å². The van der Waals surface area contributed by atoms with Crippen LogP contribution in [-0.2, 0) is 11.2 Å². The zero-order valence-electron chi connectivity index (χ0n) is 18.5. The smallest absolute Gasteiger partial charge is 0.225 e. The van der Waals surface area contributed by atoms with Crippen molar-refractivity contribution in [1.82, 2.24) is 14.5 Å². The van der Waals surface area contributed by atoms with Gasteiger partial charge in [-0.2, -0.15) is 0 Å². The third kappa shape index (κ3) is 4.26. The summed E-state index contributed by atoms with van der Waals surface area (Å²) in [5, 5.41) is 0. The molecule has 1 aromatic heterocycles. The number of benzene rings is 2. The molecule has 0 N–H and O–H groups in total. The van der Waals surface area contributed by atoms with E-state index in [1.165, 1.54) is 23.9 Å². The Morgan fingerprint density at radius 2 is 1.71 bits per heavy atom. The third-order valence-corrected chi connectivity index (χ3v) is 7.30. The van der Waals surface area contributed by atoms with Crippen molar-refractivity contribution in [3.8, 4) is 0 Å². The minimum atomic E-state index is 0.253. The number of nitrogens with zero attached hydrogens (tertiary/aromatic N) is 3. The molecule has 0 unspecified atom stereocenters. The van der Waals surface area contributed by atoms with Gasteiger partial charge in [-0.05, 0) is 49.3 Å². The molecule has 1 aliphatic carbocycles. The second-order valence-electron chi connectivity index (χ2n) is 9.57. The summed E-state index contributed by atoms with van der Waals surface area (Å²) in [4.78, 5) is 20.3. The normalized spacial score (nSPS) is 22.7. The van der Waals surface area contributed by atoms with Gasteiger partial charge in [-0.3, -0.25) is 4.79 Å². The predicted molar refractivity (Wildman–Crippen MR) is 125 cm³/mol. The van der Waals surface area contributed by atoms with Crippen molar-refractivity contribution in [2.24, 2.45) is 11.8 Å². The van der Waals surface area contributed by atoms with Crippen LogP contribution in [0.1, 0.15) is 62.9 Å². The fraction of sp³-hybridized carbons (Fsp3) is 0.481. The second kappa shape index (κ2) is 8.86.